The highest BCUT2D eigenvalue weighted by Gasteiger charge is 2.69. The molecule has 252 valence electrons. The van der Waals surface area contributed by atoms with Gasteiger partial charge in [0, 0.05) is 58.9 Å². The predicted octanol–water partition coefficient (Wildman–Crippen LogP) is 4.20. The maximum atomic E-state index is 12.8. The van der Waals surface area contributed by atoms with Crippen molar-refractivity contribution in [3.8, 4) is 33.9 Å². The lowest BCUT2D eigenvalue weighted by Gasteiger charge is -2.73. The van der Waals surface area contributed by atoms with Gasteiger partial charge in [-0.05, 0) is 69.2 Å². The van der Waals surface area contributed by atoms with Crippen LogP contribution in [0.5, 0.6) is 11.5 Å². The van der Waals surface area contributed by atoms with Gasteiger partial charge in [-0.15, -0.1) is 10.2 Å². The van der Waals surface area contributed by atoms with Crippen LogP contribution >= 0.6 is 0 Å². The molecule has 9 rings (SSSR count). The number of imide groups is 1. The number of phenolic OH excluding ortho intramolecular Hbond substituents is 1. The van der Waals surface area contributed by atoms with Crippen LogP contribution in [-0.2, 0) is 15.0 Å². The van der Waals surface area contributed by atoms with E-state index in [-0.39, 0.29) is 40.6 Å². The zero-order chi connectivity index (χ0) is 33.3. The summed E-state index contributed by atoms with van der Waals surface area (Å²) in [4.78, 5) is 29.6. The van der Waals surface area contributed by atoms with Gasteiger partial charge >= 0.3 is 0 Å². The number of aromatic nitrogens is 4. The first kappa shape index (κ1) is 30.1. The minimum absolute atomic E-state index is 0.0502. The number of carbonyl (C=O) groups is 2. The normalized spacial score (nSPS) is 26.9. The number of phenols is 1. The highest BCUT2D eigenvalue weighted by atomic mass is 16.5. The number of benzene rings is 2. The van der Waals surface area contributed by atoms with E-state index < -0.39 is 0 Å². The van der Waals surface area contributed by atoms with Gasteiger partial charge in [0.25, 0.3) is 0 Å². The summed E-state index contributed by atoms with van der Waals surface area (Å²) < 4.78 is 8.50. The average molecular weight is 661 g/mol. The lowest BCUT2D eigenvalue weighted by molar-refractivity contribution is -0.157. The van der Waals surface area contributed by atoms with E-state index in [0.717, 1.165) is 61.3 Å². The smallest absolute Gasteiger partial charge is 0.249 e. The van der Waals surface area contributed by atoms with Gasteiger partial charge < -0.3 is 20.5 Å². The molecular weight excluding hydrogens is 620 g/mol. The lowest BCUT2D eigenvalue weighted by atomic mass is 9.39. The summed E-state index contributed by atoms with van der Waals surface area (Å²) in [5.41, 5.74) is 11.5. The number of nitrogen functional groups attached to an aromatic ring is 1. The first-order chi connectivity index (χ1) is 23.9. The van der Waals surface area contributed by atoms with Crippen molar-refractivity contribution in [2.75, 3.05) is 36.9 Å². The number of nitrogens with one attached hydrogen (secondary N) is 1. The van der Waals surface area contributed by atoms with Gasteiger partial charge in [0.15, 0.2) is 5.82 Å². The van der Waals surface area contributed by atoms with E-state index in [1.165, 1.54) is 18.4 Å². The van der Waals surface area contributed by atoms with Crippen molar-refractivity contribution in [2.45, 2.75) is 74.4 Å². The second-order valence-electron chi connectivity index (χ2n) is 14.2. The van der Waals surface area contributed by atoms with Crippen LogP contribution in [0.1, 0.15) is 63.0 Å². The van der Waals surface area contributed by atoms with Crippen LogP contribution in [-0.4, -0.2) is 79.6 Å². The molecule has 2 aromatic heterocycles. The largest absolute Gasteiger partial charge is 0.507 e. The molecule has 12 heteroatoms. The highest BCUT2D eigenvalue weighted by Crippen LogP contribution is 2.69. The van der Waals surface area contributed by atoms with E-state index in [1.807, 2.05) is 24.4 Å². The topological polar surface area (TPSA) is 152 Å². The second-order valence-corrected chi connectivity index (χ2v) is 14.2. The van der Waals surface area contributed by atoms with Crippen LogP contribution in [0.25, 0.3) is 22.4 Å². The van der Waals surface area contributed by atoms with Crippen LogP contribution < -0.4 is 20.7 Å². The zero-order valence-corrected chi connectivity index (χ0v) is 27.3. The Labute approximate surface area is 284 Å². The van der Waals surface area contributed by atoms with Crippen molar-refractivity contribution in [1.29, 1.82) is 0 Å². The summed E-state index contributed by atoms with van der Waals surface area (Å²) in [5, 5.41) is 26.1. The number of hydrogen-bond donors (Lipinski definition) is 3. The van der Waals surface area contributed by atoms with Gasteiger partial charge in [-0.25, -0.2) is 0 Å². The minimum Gasteiger partial charge on any atom is -0.507 e. The van der Waals surface area contributed by atoms with E-state index >= 15 is 0 Å². The Morgan fingerprint density at radius 2 is 1.76 bits per heavy atom. The van der Waals surface area contributed by atoms with Crippen molar-refractivity contribution in [1.82, 2.24) is 30.2 Å². The summed E-state index contributed by atoms with van der Waals surface area (Å²) in [6.45, 7) is 3.15. The number of para-hydroxylation sites is 2. The number of rotatable bonds is 6. The lowest BCUT2D eigenvalue weighted by Crippen LogP contribution is -2.76. The monoisotopic (exact) mass is 660 g/mol. The van der Waals surface area contributed by atoms with Crippen molar-refractivity contribution < 1.29 is 19.4 Å². The third-order valence-corrected chi connectivity index (χ3v) is 12.2. The summed E-state index contributed by atoms with van der Waals surface area (Å²) in [7, 11) is 0. The molecular formula is C37H40N8O4. The molecule has 1 unspecified atom stereocenters. The Balaban J connectivity index is 0.923. The molecule has 4 fully saturated rings. The Hall–Kier alpha value is -4.97. The van der Waals surface area contributed by atoms with Crippen molar-refractivity contribution in [3.63, 3.8) is 0 Å². The molecule has 4 N–H and O–H groups in total. The predicted molar refractivity (Wildman–Crippen MR) is 183 cm³/mol. The van der Waals surface area contributed by atoms with E-state index in [4.69, 9.17) is 15.6 Å². The van der Waals surface area contributed by atoms with Crippen LogP contribution in [0.4, 0.5) is 11.5 Å². The molecule has 2 aromatic carbocycles. The summed E-state index contributed by atoms with van der Waals surface area (Å²) >= 11 is 0. The number of anilines is 2. The Morgan fingerprint density at radius 3 is 2.51 bits per heavy atom. The van der Waals surface area contributed by atoms with Crippen molar-refractivity contribution in [3.05, 3.63) is 66.5 Å². The molecule has 5 heterocycles. The van der Waals surface area contributed by atoms with E-state index in [0.29, 0.717) is 43.1 Å². The number of nitrogens with two attached hydrogens (primary N) is 1. The van der Waals surface area contributed by atoms with Crippen LogP contribution in [0.15, 0.2) is 60.9 Å². The molecule has 5 aliphatic rings. The molecule has 2 aliphatic carbocycles. The number of ether oxygens (including phenoxy) is 1. The number of amides is 2. The number of fused-ring (bicyclic) bond motifs is 2. The molecule has 4 aromatic rings. The maximum Gasteiger partial charge on any atom is 0.249 e. The fraction of sp³-hybridized carbons (Fsp3) is 0.432. The summed E-state index contributed by atoms with van der Waals surface area (Å²) in [6.07, 6.45) is 11.4. The number of piperidine rings is 2. The zero-order valence-electron chi connectivity index (χ0n) is 27.3. The molecule has 2 amide bonds. The fourth-order valence-electron chi connectivity index (χ4n) is 9.46. The Kier molecular flexibility index (Phi) is 6.94. The number of carbonyl (C=O) groups excluding carboxylic acids is 2. The number of likely N-dealkylation sites (tertiary alicyclic amines) is 1. The standard InChI is InChI=1S/C37H40N8O4/c38-34-26(20-28(41-42-34)25-4-1-2-7-31(25)46)23-21-39-45(22-23)24-10-16-43(17-11-24)37-14-12-36(37,13-15-37)27-5-3-6-29-33(27)49-19-18-44(29)30-8-9-32(47)40-35(30)48/h1-7,20-22,24,30,46H,8-19H2,(H2,38,42)(H,40,47,48)/t30?,36-,37-. The van der Waals surface area contributed by atoms with Gasteiger partial charge in [-0.2, -0.15) is 5.10 Å². The Bertz CT molecular complexity index is 1960. The SMILES string of the molecule is Nc1nnc(-c2ccccc2O)cc1-c1cnn(C2CCN([C@]34CC[C@@]3(c3cccc5c3OCCN5C3CCC(=O)NC3=O)CC4)CC2)c1. The number of aromatic hydroxyl groups is 1. The van der Waals surface area contributed by atoms with Gasteiger partial charge in [0.2, 0.25) is 11.8 Å². The second kappa shape index (κ2) is 11.3. The molecule has 0 spiro atoms. The molecule has 0 bridgehead atoms. The third kappa shape index (κ3) is 4.56. The van der Waals surface area contributed by atoms with E-state index in [9.17, 15) is 14.7 Å². The minimum atomic E-state index is -0.354. The first-order valence-electron chi connectivity index (χ1n) is 17.4. The number of nitrogens with zero attached hydrogens (tertiary/aromatic N) is 6. The van der Waals surface area contributed by atoms with Gasteiger partial charge in [-0.1, -0.05) is 24.3 Å². The molecule has 3 aliphatic heterocycles. The molecule has 2 saturated carbocycles. The number of hydrogen-bond acceptors (Lipinski definition) is 10. The van der Waals surface area contributed by atoms with Crippen molar-refractivity contribution in [2.24, 2.45) is 0 Å². The van der Waals surface area contributed by atoms with E-state index in [2.05, 4.69) is 54.4 Å². The summed E-state index contributed by atoms with van der Waals surface area (Å²) in [6, 6.07) is 15.3. The van der Waals surface area contributed by atoms with E-state index in [1.54, 1.807) is 12.1 Å². The van der Waals surface area contributed by atoms with Crippen molar-refractivity contribution >= 4 is 23.3 Å². The van der Waals surface area contributed by atoms with Crippen LogP contribution in [0.3, 0.4) is 0 Å². The third-order valence-electron chi connectivity index (χ3n) is 12.2. The van der Waals surface area contributed by atoms with Gasteiger partial charge in [0.1, 0.15) is 24.1 Å². The fourth-order valence-corrected chi connectivity index (χ4v) is 9.46. The van der Waals surface area contributed by atoms with Gasteiger partial charge in [0.05, 0.1) is 30.2 Å². The van der Waals surface area contributed by atoms with Crippen LogP contribution in [0, 0.1) is 0 Å². The van der Waals surface area contributed by atoms with Crippen LogP contribution in [0.2, 0.25) is 0 Å². The Morgan fingerprint density at radius 1 is 0.939 bits per heavy atom. The molecule has 0 radical (unpaired) electrons. The maximum absolute atomic E-state index is 12.8. The first-order valence-corrected chi connectivity index (χ1v) is 17.4. The highest BCUT2D eigenvalue weighted by molar-refractivity contribution is 6.02. The average Bonchev–Trinajstić information content (AvgIpc) is 3.60. The molecule has 12 nitrogen and oxygen atoms in total. The summed E-state index contributed by atoms with van der Waals surface area (Å²) in [5.74, 6) is 0.996. The molecule has 1 atom stereocenters. The molecule has 2 saturated heterocycles. The quantitative estimate of drug-likeness (QED) is 0.257. The van der Waals surface area contributed by atoms with Gasteiger partial charge in [-0.3, -0.25) is 24.5 Å². The molecule has 49 heavy (non-hydrogen) atoms.